The molecule has 1 aromatic rings. The molecule has 1 aromatic carbocycles. The summed E-state index contributed by atoms with van der Waals surface area (Å²) in [6.45, 7) is 8.20. The maximum absolute atomic E-state index is 6.26. The smallest absolute Gasteiger partial charge is 0.0589 e. The molecule has 0 aliphatic heterocycles. The van der Waals surface area contributed by atoms with Crippen molar-refractivity contribution in [3.05, 3.63) is 34.9 Å². The molecular weight excluding hydrogens is 272 g/mol. The SMILES string of the molecule is COCCN(CCC(N)c1ccccc1Cl)CC(C)C. The van der Waals surface area contributed by atoms with Crippen LogP contribution >= 0.6 is 11.6 Å². The van der Waals surface area contributed by atoms with Gasteiger partial charge in [0.15, 0.2) is 0 Å². The van der Waals surface area contributed by atoms with Crippen molar-refractivity contribution in [3.8, 4) is 0 Å². The Morgan fingerprint density at radius 1 is 1.25 bits per heavy atom. The van der Waals surface area contributed by atoms with E-state index in [2.05, 4.69) is 18.7 Å². The summed E-state index contributed by atoms with van der Waals surface area (Å²) in [6.07, 6.45) is 0.903. The van der Waals surface area contributed by atoms with Crippen molar-refractivity contribution < 1.29 is 4.74 Å². The number of hydrogen-bond acceptors (Lipinski definition) is 3. The lowest BCUT2D eigenvalue weighted by Gasteiger charge is -2.25. The Labute approximate surface area is 128 Å². The van der Waals surface area contributed by atoms with Gasteiger partial charge in [-0.15, -0.1) is 0 Å². The molecule has 0 amide bonds. The van der Waals surface area contributed by atoms with Gasteiger partial charge in [0.2, 0.25) is 0 Å². The van der Waals surface area contributed by atoms with E-state index in [1.807, 2.05) is 24.3 Å². The van der Waals surface area contributed by atoms with E-state index >= 15 is 0 Å². The van der Waals surface area contributed by atoms with Crippen LogP contribution in [0.2, 0.25) is 5.02 Å². The van der Waals surface area contributed by atoms with Gasteiger partial charge in [0.1, 0.15) is 0 Å². The molecule has 0 spiro atoms. The van der Waals surface area contributed by atoms with Crippen LogP contribution in [0.25, 0.3) is 0 Å². The molecule has 114 valence electrons. The van der Waals surface area contributed by atoms with E-state index in [1.165, 1.54) is 0 Å². The first-order valence-corrected chi connectivity index (χ1v) is 7.63. The van der Waals surface area contributed by atoms with Crippen molar-refractivity contribution in [1.29, 1.82) is 0 Å². The first-order chi connectivity index (χ1) is 9.54. The van der Waals surface area contributed by atoms with Crippen molar-refractivity contribution in [1.82, 2.24) is 4.90 Å². The molecule has 0 saturated heterocycles. The van der Waals surface area contributed by atoms with Crippen LogP contribution in [0.1, 0.15) is 31.9 Å². The Morgan fingerprint density at radius 3 is 2.55 bits per heavy atom. The monoisotopic (exact) mass is 298 g/mol. The van der Waals surface area contributed by atoms with Crippen LogP contribution in [0, 0.1) is 5.92 Å². The van der Waals surface area contributed by atoms with Crippen LogP contribution < -0.4 is 5.73 Å². The third-order valence-corrected chi connectivity index (χ3v) is 3.64. The molecule has 3 nitrogen and oxygen atoms in total. The zero-order valence-electron chi connectivity index (χ0n) is 12.8. The van der Waals surface area contributed by atoms with Gasteiger partial charge in [-0.25, -0.2) is 0 Å². The Morgan fingerprint density at radius 2 is 1.95 bits per heavy atom. The minimum Gasteiger partial charge on any atom is -0.383 e. The second-order valence-electron chi connectivity index (χ2n) is 5.60. The third-order valence-electron chi connectivity index (χ3n) is 3.30. The average Bonchev–Trinajstić information content (AvgIpc) is 2.41. The molecule has 0 heterocycles. The lowest BCUT2D eigenvalue weighted by molar-refractivity contribution is 0.138. The lowest BCUT2D eigenvalue weighted by atomic mass is 10.0. The first-order valence-electron chi connectivity index (χ1n) is 7.26. The Balaban J connectivity index is 2.51. The highest BCUT2D eigenvalue weighted by Gasteiger charge is 2.13. The Kier molecular flexibility index (Phi) is 8.15. The maximum atomic E-state index is 6.26. The van der Waals surface area contributed by atoms with Crippen molar-refractivity contribution >= 4 is 11.6 Å². The highest BCUT2D eigenvalue weighted by atomic mass is 35.5. The quantitative estimate of drug-likeness (QED) is 0.760. The topological polar surface area (TPSA) is 38.5 Å². The molecule has 1 unspecified atom stereocenters. The van der Waals surface area contributed by atoms with Crippen molar-refractivity contribution in [3.63, 3.8) is 0 Å². The molecule has 0 fully saturated rings. The molecule has 0 aliphatic carbocycles. The summed E-state index contributed by atoms with van der Waals surface area (Å²) in [7, 11) is 1.74. The fourth-order valence-electron chi connectivity index (χ4n) is 2.28. The summed E-state index contributed by atoms with van der Waals surface area (Å²) in [5.41, 5.74) is 7.29. The highest BCUT2D eigenvalue weighted by Crippen LogP contribution is 2.23. The largest absolute Gasteiger partial charge is 0.383 e. The van der Waals surface area contributed by atoms with Gasteiger partial charge in [-0.3, -0.25) is 0 Å². The van der Waals surface area contributed by atoms with E-state index in [-0.39, 0.29) is 6.04 Å². The van der Waals surface area contributed by atoms with E-state index < -0.39 is 0 Å². The van der Waals surface area contributed by atoms with Crippen LogP contribution in [0.3, 0.4) is 0 Å². The van der Waals surface area contributed by atoms with Gasteiger partial charge < -0.3 is 15.4 Å². The molecule has 1 rings (SSSR count). The summed E-state index contributed by atoms with van der Waals surface area (Å²) >= 11 is 6.19. The zero-order valence-corrected chi connectivity index (χ0v) is 13.6. The Bertz CT molecular complexity index is 384. The number of rotatable bonds is 9. The van der Waals surface area contributed by atoms with Crippen molar-refractivity contribution in [2.24, 2.45) is 11.7 Å². The fraction of sp³-hybridized carbons (Fsp3) is 0.625. The second kappa shape index (κ2) is 9.35. The van der Waals surface area contributed by atoms with Gasteiger partial charge in [-0.1, -0.05) is 43.6 Å². The number of methoxy groups -OCH3 is 1. The van der Waals surface area contributed by atoms with E-state index in [0.717, 1.165) is 43.2 Å². The third kappa shape index (κ3) is 6.23. The van der Waals surface area contributed by atoms with Gasteiger partial charge in [0.05, 0.1) is 6.61 Å². The molecule has 0 aliphatic rings. The van der Waals surface area contributed by atoms with Gasteiger partial charge in [-0.05, 0) is 24.0 Å². The molecule has 0 radical (unpaired) electrons. The molecular formula is C16H27ClN2O. The number of ether oxygens (including phenoxy) is 1. The van der Waals surface area contributed by atoms with Crippen LogP contribution in [-0.4, -0.2) is 38.3 Å². The van der Waals surface area contributed by atoms with Crippen LogP contribution in [0.4, 0.5) is 0 Å². The minimum absolute atomic E-state index is 0.0130. The van der Waals surface area contributed by atoms with Gasteiger partial charge >= 0.3 is 0 Å². The van der Waals surface area contributed by atoms with Crippen LogP contribution in [-0.2, 0) is 4.74 Å². The summed E-state index contributed by atoms with van der Waals surface area (Å²) < 4.78 is 5.17. The lowest BCUT2D eigenvalue weighted by Crippen LogP contribution is -2.33. The normalized spacial score (nSPS) is 13.2. The van der Waals surface area contributed by atoms with Crippen LogP contribution in [0.5, 0.6) is 0 Å². The molecule has 2 N–H and O–H groups in total. The second-order valence-corrected chi connectivity index (χ2v) is 6.01. The predicted molar refractivity (Wildman–Crippen MR) is 86.2 cm³/mol. The van der Waals surface area contributed by atoms with E-state index in [0.29, 0.717) is 5.92 Å². The summed E-state index contributed by atoms with van der Waals surface area (Å²) in [5.74, 6) is 0.642. The van der Waals surface area contributed by atoms with Gasteiger partial charge in [0, 0.05) is 37.8 Å². The van der Waals surface area contributed by atoms with Gasteiger partial charge in [-0.2, -0.15) is 0 Å². The average molecular weight is 299 g/mol. The number of benzene rings is 1. The van der Waals surface area contributed by atoms with E-state index in [4.69, 9.17) is 22.1 Å². The number of nitrogens with two attached hydrogens (primary N) is 1. The number of hydrogen-bond donors (Lipinski definition) is 1. The van der Waals surface area contributed by atoms with E-state index in [1.54, 1.807) is 7.11 Å². The number of nitrogens with zero attached hydrogens (tertiary/aromatic N) is 1. The standard InChI is InChI=1S/C16H27ClN2O/c1-13(2)12-19(10-11-20-3)9-8-16(18)14-6-4-5-7-15(14)17/h4-7,13,16H,8-12,18H2,1-3H3. The van der Waals surface area contributed by atoms with Crippen LogP contribution in [0.15, 0.2) is 24.3 Å². The summed E-state index contributed by atoms with van der Waals surface area (Å²) in [4.78, 5) is 2.41. The molecule has 0 aromatic heterocycles. The Hall–Kier alpha value is -0.610. The minimum atomic E-state index is -0.0130. The molecule has 4 heteroatoms. The maximum Gasteiger partial charge on any atom is 0.0589 e. The van der Waals surface area contributed by atoms with Crippen molar-refractivity contribution in [2.75, 3.05) is 33.4 Å². The zero-order chi connectivity index (χ0) is 15.0. The fourth-order valence-corrected chi connectivity index (χ4v) is 2.56. The van der Waals surface area contributed by atoms with Crippen molar-refractivity contribution in [2.45, 2.75) is 26.3 Å². The van der Waals surface area contributed by atoms with E-state index in [9.17, 15) is 0 Å². The molecule has 0 saturated carbocycles. The molecule has 0 bridgehead atoms. The highest BCUT2D eigenvalue weighted by molar-refractivity contribution is 6.31. The molecule has 1 atom stereocenters. The summed E-state index contributed by atoms with van der Waals surface area (Å²) in [6, 6.07) is 7.81. The molecule has 20 heavy (non-hydrogen) atoms. The predicted octanol–water partition coefficient (Wildman–Crippen LogP) is 3.33. The van der Waals surface area contributed by atoms with Gasteiger partial charge in [0.25, 0.3) is 0 Å². The summed E-state index contributed by atoms with van der Waals surface area (Å²) in [5, 5.41) is 0.757. The number of halogens is 1. The first kappa shape index (κ1) is 17.4.